The van der Waals surface area contributed by atoms with Crippen LogP contribution in [0.3, 0.4) is 0 Å². The minimum absolute atomic E-state index is 0.137. The summed E-state index contributed by atoms with van der Waals surface area (Å²) in [6.45, 7) is 0. The van der Waals surface area contributed by atoms with Crippen molar-refractivity contribution >= 4 is 40.0 Å². The summed E-state index contributed by atoms with van der Waals surface area (Å²) in [7, 11) is 0. The van der Waals surface area contributed by atoms with Crippen LogP contribution in [0.2, 0.25) is 5.02 Å². The molecule has 0 aliphatic heterocycles. The molecule has 0 aliphatic rings. The molecule has 3 rings (SSSR count). The van der Waals surface area contributed by atoms with Crippen molar-refractivity contribution in [1.29, 1.82) is 0 Å². The molecule has 3 aromatic rings. The Morgan fingerprint density at radius 3 is 2.62 bits per heavy atom. The van der Waals surface area contributed by atoms with E-state index < -0.39 is 11.8 Å². The molecule has 0 saturated heterocycles. The molecule has 1 amide bonds. The lowest BCUT2D eigenvalue weighted by molar-refractivity contribution is 0.101. The predicted molar refractivity (Wildman–Crippen MR) is 78.5 cm³/mol. The zero-order valence-corrected chi connectivity index (χ0v) is 11.4. The van der Waals surface area contributed by atoms with Gasteiger partial charge in [0.1, 0.15) is 0 Å². The number of ketones is 1. The van der Waals surface area contributed by atoms with Crippen molar-refractivity contribution in [3.8, 4) is 0 Å². The summed E-state index contributed by atoms with van der Waals surface area (Å²) in [5, 5.41) is 0.668. The Hall–Kier alpha value is -2.73. The quantitative estimate of drug-likeness (QED) is 0.561. The van der Waals surface area contributed by atoms with Crippen LogP contribution in [0, 0.1) is 0 Å². The molecule has 6 nitrogen and oxygen atoms in total. The highest BCUT2D eigenvalue weighted by atomic mass is 35.5. The molecule has 0 saturated carbocycles. The fourth-order valence-electron chi connectivity index (χ4n) is 2.22. The van der Waals surface area contributed by atoms with Crippen LogP contribution in [0.15, 0.2) is 41.1 Å². The number of halogens is 1. The number of rotatable bonds is 2. The van der Waals surface area contributed by atoms with E-state index in [1.54, 1.807) is 18.2 Å². The molecule has 106 valence electrons. The van der Waals surface area contributed by atoms with Crippen LogP contribution in [-0.2, 0) is 0 Å². The maximum absolute atomic E-state index is 12.5. The van der Waals surface area contributed by atoms with E-state index in [0.717, 1.165) is 4.57 Å². The average Bonchev–Trinajstić information content (AvgIpc) is 3.09. The first-order chi connectivity index (χ1) is 10.0. The smallest absolute Gasteiger partial charge is 0.323 e. The van der Waals surface area contributed by atoms with Crippen molar-refractivity contribution in [2.45, 2.75) is 0 Å². The number of nitrogens with zero attached hydrogens (tertiary/aromatic N) is 1. The summed E-state index contributed by atoms with van der Waals surface area (Å²) in [6, 6.07) is 5.52. The van der Waals surface area contributed by atoms with E-state index in [1.807, 2.05) is 0 Å². The van der Waals surface area contributed by atoms with Gasteiger partial charge < -0.3 is 15.9 Å². The van der Waals surface area contributed by atoms with E-state index in [4.69, 9.17) is 27.5 Å². The average molecular weight is 304 g/mol. The first-order valence-electron chi connectivity index (χ1n) is 5.97. The van der Waals surface area contributed by atoms with Gasteiger partial charge in [-0.2, -0.15) is 0 Å². The van der Waals surface area contributed by atoms with Gasteiger partial charge in [-0.15, -0.1) is 0 Å². The van der Waals surface area contributed by atoms with Crippen molar-refractivity contribution in [1.82, 2.24) is 4.57 Å². The Labute approximate surface area is 123 Å². The zero-order valence-electron chi connectivity index (χ0n) is 10.7. The van der Waals surface area contributed by atoms with Crippen LogP contribution < -0.4 is 11.5 Å². The van der Waals surface area contributed by atoms with Crippen molar-refractivity contribution in [2.24, 2.45) is 5.73 Å². The number of anilines is 1. The van der Waals surface area contributed by atoms with E-state index in [-0.39, 0.29) is 17.0 Å². The maximum atomic E-state index is 12.5. The van der Waals surface area contributed by atoms with Gasteiger partial charge >= 0.3 is 6.03 Å². The summed E-state index contributed by atoms with van der Waals surface area (Å²) in [5.74, 6) is -0.267. The van der Waals surface area contributed by atoms with Gasteiger partial charge in [-0.25, -0.2) is 4.79 Å². The third-order valence-corrected chi connectivity index (χ3v) is 3.51. The first kappa shape index (κ1) is 13.3. The molecule has 2 heterocycles. The highest BCUT2D eigenvalue weighted by Gasteiger charge is 2.22. The molecule has 0 aliphatic carbocycles. The Morgan fingerprint density at radius 1 is 1.24 bits per heavy atom. The Balaban J connectivity index is 2.34. The largest absolute Gasteiger partial charge is 0.461 e. The van der Waals surface area contributed by atoms with Crippen molar-refractivity contribution in [2.75, 3.05) is 5.73 Å². The molecule has 0 bridgehead atoms. The number of fused-ring (bicyclic) bond motifs is 1. The molecule has 4 N–H and O–H groups in total. The molecule has 7 heteroatoms. The molecule has 0 atom stereocenters. The normalized spacial score (nSPS) is 10.9. The van der Waals surface area contributed by atoms with Gasteiger partial charge in [0.2, 0.25) is 5.78 Å². The van der Waals surface area contributed by atoms with E-state index in [2.05, 4.69) is 0 Å². The number of carbonyl (C=O) groups is 2. The van der Waals surface area contributed by atoms with Crippen LogP contribution in [0.25, 0.3) is 10.9 Å². The van der Waals surface area contributed by atoms with Crippen LogP contribution in [0.5, 0.6) is 0 Å². The van der Waals surface area contributed by atoms with Crippen molar-refractivity contribution < 1.29 is 14.0 Å². The molecule has 2 aromatic heterocycles. The first-order valence-corrected chi connectivity index (χ1v) is 6.35. The number of amides is 1. The molecular weight excluding hydrogens is 294 g/mol. The summed E-state index contributed by atoms with van der Waals surface area (Å²) in [5.41, 5.74) is 12.1. The second-order valence-corrected chi connectivity index (χ2v) is 4.82. The molecule has 0 radical (unpaired) electrons. The third kappa shape index (κ3) is 1.96. The molecule has 0 unspecified atom stereocenters. The third-order valence-electron chi connectivity index (χ3n) is 3.18. The summed E-state index contributed by atoms with van der Waals surface area (Å²) in [6.07, 6.45) is 2.72. The number of carbonyl (C=O) groups excluding carboxylic acids is 2. The van der Waals surface area contributed by atoms with Gasteiger partial charge in [0, 0.05) is 11.6 Å². The maximum Gasteiger partial charge on any atom is 0.323 e. The number of nitrogens with two attached hydrogens (primary N) is 2. The summed E-state index contributed by atoms with van der Waals surface area (Å²) in [4.78, 5) is 24.0. The van der Waals surface area contributed by atoms with E-state index in [9.17, 15) is 9.59 Å². The molecule has 0 fully saturated rings. The Morgan fingerprint density at radius 2 is 2.00 bits per heavy atom. The van der Waals surface area contributed by atoms with Gasteiger partial charge in [-0.05, 0) is 24.3 Å². The monoisotopic (exact) mass is 303 g/mol. The molecule has 21 heavy (non-hydrogen) atoms. The number of hydrogen-bond acceptors (Lipinski definition) is 4. The van der Waals surface area contributed by atoms with Crippen molar-refractivity contribution in [3.05, 3.63) is 53.1 Å². The van der Waals surface area contributed by atoms with E-state index in [0.29, 0.717) is 15.9 Å². The second-order valence-electron chi connectivity index (χ2n) is 4.41. The number of furan rings is 1. The molecule has 0 spiro atoms. The highest BCUT2D eigenvalue weighted by molar-refractivity contribution is 6.35. The lowest BCUT2D eigenvalue weighted by atomic mass is 10.1. The zero-order chi connectivity index (χ0) is 15.1. The number of nitrogen functional groups attached to an aromatic ring is 1. The fraction of sp³-hybridized carbons (Fsp3) is 0. The van der Waals surface area contributed by atoms with Gasteiger partial charge in [0.15, 0.2) is 5.76 Å². The van der Waals surface area contributed by atoms with Gasteiger partial charge in [0.05, 0.1) is 28.1 Å². The number of hydrogen-bond donors (Lipinski definition) is 2. The second kappa shape index (κ2) is 4.68. The predicted octanol–water partition coefficient (Wildman–Crippen LogP) is 2.63. The topological polar surface area (TPSA) is 104 Å². The number of benzene rings is 1. The van der Waals surface area contributed by atoms with Crippen LogP contribution in [-0.4, -0.2) is 16.4 Å². The minimum Gasteiger partial charge on any atom is -0.461 e. The van der Waals surface area contributed by atoms with E-state index in [1.165, 1.54) is 18.5 Å². The minimum atomic E-state index is -0.722. The van der Waals surface area contributed by atoms with Crippen LogP contribution >= 0.6 is 11.6 Å². The lowest BCUT2D eigenvalue weighted by Gasteiger charge is -2.03. The Bertz CT molecular complexity index is 865. The fourth-order valence-corrected chi connectivity index (χ4v) is 2.38. The van der Waals surface area contributed by atoms with Gasteiger partial charge in [-0.1, -0.05) is 11.6 Å². The van der Waals surface area contributed by atoms with Crippen LogP contribution in [0.1, 0.15) is 16.1 Å². The highest BCUT2D eigenvalue weighted by Crippen LogP contribution is 2.33. The number of primary amides is 1. The lowest BCUT2D eigenvalue weighted by Crippen LogP contribution is -2.18. The standard InChI is InChI=1S/C14H10ClN3O3/c15-8-3-4-9-11(12(8)16)7(6-18(9)14(17)20)13(19)10-2-1-5-21-10/h1-6H,16H2,(H2,17,20). The number of aromatic nitrogens is 1. The summed E-state index contributed by atoms with van der Waals surface area (Å²) >= 11 is 5.99. The SMILES string of the molecule is NC(=O)n1cc(C(=O)c2ccco2)c2c(N)c(Cl)ccc21. The van der Waals surface area contributed by atoms with Gasteiger partial charge in [0.25, 0.3) is 0 Å². The Kier molecular flexibility index (Phi) is 2.95. The van der Waals surface area contributed by atoms with E-state index >= 15 is 0 Å². The summed E-state index contributed by atoms with van der Waals surface area (Å²) < 4.78 is 6.24. The van der Waals surface area contributed by atoms with Gasteiger partial charge in [-0.3, -0.25) is 9.36 Å². The van der Waals surface area contributed by atoms with Crippen LogP contribution in [0.4, 0.5) is 10.5 Å². The molecule has 1 aromatic carbocycles. The van der Waals surface area contributed by atoms with Crippen molar-refractivity contribution in [3.63, 3.8) is 0 Å². The molecular formula is C14H10ClN3O3.